The van der Waals surface area contributed by atoms with Crippen LogP contribution in [0.25, 0.3) is 0 Å². The fourth-order valence-electron chi connectivity index (χ4n) is 3.07. The summed E-state index contributed by atoms with van der Waals surface area (Å²) < 4.78 is 7.70. The summed E-state index contributed by atoms with van der Waals surface area (Å²) in [6.07, 6.45) is 7.28. The third kappa shape index (κ3) is 3.84. The van der Waals surface area contributed by atoms with Gasteiger partial charge < -0.3 is 19.0 Å². The molecule has 1 aliphatic heterocycles. The lowest BCUT2D eigenvalue weighted by Crippen LogP contribution is -2.35. The minimum Gasteiger partial charge on any atom is -0.455 e. The molecule has 0 bridgehead atoms. The van der Waals surface area contributed by atoms with E-state index < -0.39 is 0 Å². The molecular weight excluding hydrogens is 326 g/mol. The van der Waals surface area contributed by atoms with Crippen LogP contribution in [0.5, 0.6) is 0 Å². The highest BCUT2D eigenvalue weighted by Gasteiger charge is 2.30. The van der Waals surface area contributed by atoms with Crippen LogP contribution in [0.3, 0.4) is 0 Å². The smallest absolute Gasteiger partial charge is 0.289 e. The van der Waals surface area contributed by atoms with Crippen molar-refractivity contribution in [3.63, 3.8) is 0 Å². The number of amides is 1. The number of likely N-dealkylation sites (tertiary alicyclic amines) is 1. The number of aliphatic hydroxyl groups is 1. The topological polar surface area (TPSA) is 71.5 Å². The summed E-state index contributed by atoms with van der Waals surface area (Å²) in [5.74, 6) is 1.79. The number of aryl methyl sites for hydroxylation is 1. The molecule has 24 heavy (non-hydrogen) atoms. The van der Waals surface area contributed by atoms with Crippen molar-refractivity contribution in [2.75, 3.05) is 13.2 Å². The van der Waals surface area contributed by atoms with Gasteiger partial charge in [0.15, 0.2) is 10.9 Å². The van der Waals surface area contributed by atoms with E-state index in [1.165, 1.54) is 0 Å². The van der Waals surface area contributed by atoms with Crippen molar-refractivity contribution >= 4 is 17.7 Å². The molecule has 0 aliphatic carbocycles. The van der Waals surface area contributed by atoms with Gasteiger partial charge in [-0.3, -0.25) is 4.79 Å². The van der Waals surface area contributed by atoms with E-state index >= 15 is 0 Å². The molecule has 1 amide bonds. The standard InChI is InChI=1S/C17H23N3O3S/c1-19-10-8-18-17(19)24-12-14-6-7-15(23-14)16(22)20-9-2-4-13(20)5-3-11-21/h6-8,10,13,21H,2-5,9,11-12H2,1H3. The van der Waals surface area contributed by atoms with Crippen molar-refractivity contribution in [3.8, 4) is 0 Å². The number of nitrogens with zero attached hydrogens (tertiary/aromatic N) is 3. The zero-order valence-electron chi connectivity index (χ0n) is 13.9. The lowest BCUT2D eigenvalue weighted by molar-refractivity contribution is 0.0691. The summed E-state index contributed by atoms with van der Waals surface area (Å²) >= 11 is 1.58. The number of hydrogen-bond donors (Lipinski definition) is 1. The Morgan fingerprint density at radius 3 is 3.12 bits per heavy atom. The van der Waals surface area contributed by atoms with Gasteiger partial charge in [0.2, 0.25) is 0 Å². The molecule has 0 spiro atoms. The normalized spacial score (nSPS) is 17.6. The zero-order chi connectivity index (χ0) is 16.9. The number of aliphatic hydroxyl groups excluding tert-OH is 1. The lowest BCUT2D eigenvalue weighted by atomic mass is 10.1. The van der Waals surface area contributed by atoms with E-state index in [0.29, 0.717) is 11.5 Å². The molecule has 6 nitrogen and oxygen atoms in total. The van der Waals surface area contributed by atoms with Gasteiger partial charge in [-0.1, -0.05) is 11.8 Å². The van der Waals surface area contributed by atoms with Gasteiger partial charge in [0.1, 0.15) is 5.76 Å². The highest BCUT2D eigenvalue weighted by Crippen LogP contribution is 2.26. The number of imidazole rings is 1. The van der Waals surface area contributed by atoms with Gasteiger partial charge in [0, 0.05) is 38.6 Å². The predicted octanol–water partition coefficient (Wildman–Crippen LogP) is 2.68. The Bertz CT molecular complexity index is 682. The fourth-order valence-corrected chi connectivity index (χ4v) is 3.90. The van der Waals surface area contributed by atoms with E-state index in [2.05, 4.69) is 4.98 Å². The first-order valence-electron chi connectivity index (χ1n) is 8.29. The van der Waals surface area contributed by atoms with Gasteiger partial charge in [-0.05, 0) is 37.8 Å². The molecule has 0 aromatic carbocycles. The number of aromatic nitrogens is 2. The number of hydrogen-bond acceptors (Lipinski definition) is 5. The first-order chi connectivity index (χ1) is 11.7. The molecular formula is C17H23N3O3S. The molecule has 1 fully saturated rings. The summed E-state index contributed by atoms with van der Waals surface area (Å²) in [5.41, 5.74) is 0. The van der Waals surface area contributed by atoms with Crippen molar-refractivity contribution in [3.05, 3.63) is 36.0 Å². The second-order valence-corrected chi connectivity index (χ2v) is 6.98. The molecule has 1 aliphatic rings. The number of rotatable bonds is 7. The Balaban J connectivity index is 1.60. The molecule has 1 saturated heterocycles. The van der Waals surface area contributed by atoms with Crippen LogP contribution in [0.15, 0.2) is 34.1 Å². The summed E-state index contributed by atoms with van der Waals surface area (Å²) in [7, 11) is 1.95. The molecule has 1 unspecified atom stereocenters. The second-order valence-electron chi connectivity index (χ2n) is 6.04. The maximum Gasteiger partial charge on any atom is 0.289 e. The maximum atomic E-state index is 12.7. The molecule has 1 N–H and O–H groups in total. The molecule has 3 heterocycles. The third-order valence-corrected chi connectivity index (χ3v) is 5.41. The van der Waals surface area contributed by atoms with Crippen LogP contribution < -0.4 is 0 Å². The molecule has 0 radical (unpaired) electrons. The van der Waals surface area contributed by atoms with Gasteiger partial charge in [0.05, 0.1) is 5.75 Å². The van der Waals surface area contributed by atoms with E-state index in [4.69, 9.17) is 9.52 Å². The van der Waals surface area contributed by atoms with Crippen molar-refractivity contribution in [2.24, 2.45) is 7.05 Å². The van der Waals surface area contributed by atoms with Crippen LogP contribution in [-0.2, 0) is 12.8 Å². The summed E-state index contributed by atoms with van der Waals surface area (Å²) in [5, 5.41) is 9.92. The van der Waals surface area contributed by atoms with Crippen LogP contribution in [-0.4, -0.2) is 44.7 Å². The summed E-state index contributed by atoms with van der Waals surface area (Å²) in [4.78, 5) is 18.8. The average Bonchev–Trinajstić information content (AvgIpc) is 3.31. The Hall–Kier alpha value is -1.73. The van der Waals surface area contributed by atoms with E-state index in [0.717, 1.165) is 43.1 Å². The van der Waals surface area contributed by atoms with E-state index in [1.54, 1.807) is 24.0 Å². The summed E-state index contributed by atoms with van der Waals surface area (Å²) in [6.45, 7) is 0.945. The minimum atomic E-state index is -0.0383. The quantitative estimate of drug-likeness (QED) is 0.778. The van der Waals surface area contributed by atoms with Crippen molar-refractivity contribution in [1.29, 1.82) is 0 Å². The molecule has 0 saturated carbocycles. The Labute approximate surface area is 145 Å². The predicted molar refractivity (Wildman–Crippen MR) is 91.9 cm³/mol. The van der Waals surface area contributed by atoms with Gasteiger partial charge in [-0.15, -0.1) is 0 Å². The molecule has 2 aromatic rings. The van der Waals surface area contributed by atoms with Crippen LogP contribution in [0.1, 0.15) is 42.0 Å². The average molecular weight is 349 g/mol. The number of carbonyl (C=O) groups is 1. The third-order valence-electron chi connectivity index (χ3n) is 4.33. The first-order valence-corrected chi connectivity index (χ1v) is 9.28. The lowest BCUT2D eigenvalue weighted by Gasteiger charge is -2.23. The largest absolute Gasteiger partial charge is 0.455 e. The fraction of sp³-hybridized carbons (Fsp3) is 0.529. The highest BCUT2D eigenvalue weighted by atomic mass is 32.2. The van der Waals surface area contributed by atoms with E-state index in [-0.39, 0.29) is 18.6 Å². The van der Waals surface area contributed by atoms with Gasteiger partial charge in [0.25, 0.3) is 5.91 Å². The molecule has 3 rings (SSSR count). The zero-order valence-corrected chi connectivity index (χ0v) is 14.7. The minimum absolute atomic E-state index is 0.0383. The van der Waals surface area contributed by atoms with Crippen molar-refractivity contribution in [2.45, 2.75) is 42.6 Å². The van der Waals surface area contributed by atoms with Crippen molar-refractivity contribution in [1.82, 2.24) is 14.5 Å². The second kappa shape index (κ2) is 7.90. The number of furan rings is 1. The van der Waals surface area contributed by atoms with Gasteiger partial charge >= 0.3 is 0 Å². The molecule has 2 aromatic heterocycles. The van der Waals surface area contributed by atoms with Crippen LogP contribution >= 0.6 is 11.8 Å². The number of carbonyl (C=O) groups excluding carboxylic acids is 1. The van der Waals surface area contributed by atoms with Crippen LogP contribution in [0.4, 0.5) is 0 Å². The Kier molecular flexibility index (Phi) is 5.63. The van der Waals surface area contributed by atoms with Crippen LogP contribution in [0.2, 0.25) is 0 Å². The highest BCUT2D eigenvalue weighted by molar-refractivity contribution is 7.98. The Morgan fingerprint density at radius 2 is 2.38 bits per heavy atom. The number of thioether (sulfide) groups is 1. The SMILES string of the molecule is Cn1ccnc1SCc1ccc(C(=O)N2CCCC2CCCO)o1. The molecule has 1 atom stereocenters. The molecule has 130 valence electrons. The van der Waals surface area contributed by atoms with Gasteiger partial charge in [-0.2, -0.15) is 0 Å². The van der Waals surface area contributed by atoms with E-state index in [9.17, 15) is 4.79 Å². The Morgan fingerprint density at radius 1 is 1.50 bits per heavy atom. The monoisotopic (exact) mass is 349 g/mol. The molecule has 7 heteroatoms. The summed E-state index contributed by atoms with van der Waals surface area (Å²) in [6, 6.07) is 3.85. The van der Waals surface area contributed by atoms with Gasteiger partial charge in [-0.25, -0.2) is 4.98 Å². The van der Waals surface area contributed by atoms with Crippen LogP contribution in [0, 0.1) is 0 Å². The van der Waals surface area contributed by atoms with E-state index in [1.807, 2.05) is 28.8 Å². The maximum absolute atomic E-state index is 12.7. The first kappa shape index (κ1) is 17.1. The van der Waals surface area contributed by atoms with Crippen molar-refractivity contribution < 1.29 is 14.3 Å².